The number of carboxylic acid groups (broad SMARTS) is 1. The number of aromatic nitrogens is 2. The first-order chi connectivity index (χ1) is 14.3. The standard InChI is InChI=1S/C21H26N4O4S/c1-25(2)30(28,29)23-12-10-16-6-3-7-19-21(16)17(13-15-5-4-11-22-14-15)18(24-19)8-9-20(26)27/h3-7,11,14,23-24H,8-10,12-13H2,1-2H3,(H,26,27). The summed E-state index contributed by atoms with van der Waals surface area (Å²) in [4.78, 5) is 18.7. The number of rotatable bonds is 10. The van der Waals surface area contributed by atoms with E-state index in [2.05, 4.69) is 14.7 Å². The highest BCUT2D eigenvalue weighted by Gasteiger charge is 2.17. The summed E-state index contributed by atoms with van der Waals surface area (Å²) >= 11 is 0. The van der Waals surface area contributed by atoms with E-state index in [1.807, 2.05) is 30.3 Å². The van der Waals surface area contributed by atoms with E-state index in [-0.39, 0.29) is 13.0 Å². The molecule has 8 nitrogen and oxygen atoms in total. The SMILES string of the molecule is CN(C)S(=O)(=O)NCCc1cccc2[nH]c(CCC(=O)O)c(Cc3cccnc3)c12. The van der Waals surface area contributed by atoms with E-state index < -0.39 is 16.2 Å². The number of H-pyrrole nitrogens is 1. The highest BCUT2D eigenvalue weighted by atomic mass is 32.2. The number of fused-ring (bicyclic) bond motifs is 1. The molecule has 3 N–H and O–H groups in total. The Bertz CT molecular complexity index is 1120. The number of carbonyl (C=O) groups is 1. The highest BCUT2D eigenvalue weighted by Crippen LogP contribution is 2.29. The Hall–Kier alpha value is -2.75. The Morgan fingerprint density at radius 2 is 2.00 bits per heavy atom. The molecule has 160 valence electrons. The molecule has 0 fully saturated rings. The van der Waals surface area contributed by atoms with Gasteiger partial charge in [-0.25, -0.2) is 4.72 Å². The van der Waals surface area contributed by atoms with E-state index in [9.17, 15) is 13.2 Å². The predicted octanol–water partition coefficient (Wildman–Crippen LogP) is 2.11. The molecule has 0 aliphatic rings. The number of nitrogens with one attached hydrogen (secondary N) is 2. The minimum absolute atomic E-state index is 0.0326. The van der Waals surface area contributed by atoms with Crippen LogP contribution in [0.1, 0.15) is 28.8 Å². The molecule has 0 bridgehead atoms. The summed E-state index contributed by atoms with van der Waals surface area (Å²) < 4.78 is 27.7. The number of aryl methyl sites for hydroxylation is 1. The summed E-state index contributed by atoms with van der Waals surface area (Å²) in [5.41, 5.74) is 4.87. The van der Waals surface area contributed by atoms with Crippen LogP contribution in [0.5, 0.6) is 0 Å². The van der Waals surface area contributed by atoms with Crippen molar-refractivity contribution in [3.8, 4) is 0 Å². The van der Waals surface area contributed by atoms with Crippen molar-refractivity contribution in [3.63, 3.8) is 0 Å². The quantitative estimate of drug-likeness (QED) is 0.456. The van der Waals surface area contributed by atoms with Crippen molar-refractivity contribution in [3.05, 3.63) is 65.1 Å². The zero-order valence-electron chi connectivity index (χ0n) is 17.1. The lowest BCUT2D eigenvalue weighted by Crippen LogP contribution is -2.36. The fourth-order valence-corrected chi connectivity index (χ4v) is 4.07. The molecular formula is C21H26N4O4S. The topological polar surface area (TPSA) is 115 Å². The zero-order chi connectivity index (χ0) is 21.7. The Kier molecular flexibility index (Phi) is 6.86. The maximum Gasteiger partial charge on any atom is 0.303 e. The third kappa shape index (κ3) is 5.24. The van der Waals surface area contributed by atoms with Gasteiger partial charge in [-0.1, -0.05) is 18.2 Å². The van der Waals surface area contributed by atoms with Gasteiger partial charge in [0.25, 0.3) is 10.2 Å². The van der Waals surface area contributed by atoms with Gasteiger partial charge in [-0.05, 0) is 41.7 Å². The van der Waals surface area contributed by atoms with Gasteiger partial charge in [0.1, 0.15) is 0 Å². The molecule has 0 saturated carbocycles. The fraction of sp³-hybridized carbons (Fsp3) is 0.333. The van der Waals surface area contributed by atoms with Crippen molar-refractivity contribution in [2.45, 2.75) is 25.7 Å². The van der Waals surface area contributed by atoms with Crippen molar-refractivity contribution in [2.75, 3.05) is 20.6 Å². The number of pyridine rings is 1. The Labute approximate surface area is 176 Å². The number of benzene rings is 1. The first kappa shape index (κ1) is 21.9. The van der Waals surface area contributed by atoms with E-state index in [1.54, 1.807) is 12.4 Å². The molecule has 30 heavy (non-hydrogen) atoms. The first-order valence-corrected chi connectivity index (χ1v) is 11.1. The van der Waals surface area contributed by atoms with Gasteiger partial charge in [0.05, 0.1) is 6.42 Å². The Morgan fingerprint density at radius 3 is 2.67 bits per heavy atom. The second kappa shape index (κ2) is 9.38. The van der Waals surface area contributed by atoms with Crippen LogP contribution in [-0.4, -0.2) is 54.4 Å². The molecule has 0 spiro atoms. The normalized spacial score (nSPS) is 12.0. The van der Waals surface area contributed by atoms with Crippen LogP contribution in [0, 0.1) is 0 Å². The molecule has 0 aliphatic carbocycles. The van der Waals surface area contributed by atoms with Gasteiger partial charge >= 0.3 is 5.97 Å². The average Bonchev–Trinajstić information content (AvgIpc) is 3.05. The second-order valence-corrected chi connectivity index (χ2v) is 9.25. The molecular weight excluding hydrogens is 404 g/mol. The Balaban J connectivity index is 1.96. The summed E-state index contributed by atoms with van der Waals surface area (Å²) in [6.07, 6.45) is 5.07. The van der Waals surface area contributed by atoms with Gasteiger partial charge in [-0.2, -0.15) is 12.7 Å². The molecule has 2 aromatic heterocycles. The molecule has 0 saturated heterocycles. The summed E-state index contributed by atoms with van der Waals surface area (Å²) in [6.45, 7) is 0.265. The van der Waals surface area contributed by atoms with Crippen LogP contribution in [0.2, 0.25) is 0 Å². The van der Waals surface area contributed by atoms with Gasteiger partial charge in [0, 0.05) is 56.1 Å². The molecule has 0 amide bonds. The molecule has 0 atom stereocenters. The molecule has 3 aromatic rings. The number of hydrogen-bond donors (Lipinski definition) is 3. The van der Waals surface area contributed by atoms with Crippen LogP contribution in [0.3, 0.4) is 0 Å². The largest absolute Gasteiger partial charge is 0.481 e. The lowest BCUT2D eigenvalue weighted by molar-refractivity contribution is -0.136. The van der Waals surface area contributed by atoms with Crippen LogP contribution in [0.15, 0.2) is 42.7 Å². The molecule has 0 aliphatic heterocycles. The highest BCUT2D eigenvalue weighted by molar-refractivity contribution is 7.87. The van der Waals surface area contributed by atoms with Crippen molar-refractivity contribution in [1.29, 1.82) is 0 Å². The van der Waals surface area contributed by atoms with E-state index >= 15 is 0 Å². The number of hydrogen-bond acceptors (Lipinski definition) is 4. The van der Waals surface area contributed by atoms with Crippen molar-refractivity contribution < 1.29 is 18.3 Å². The maximum atomic E-state index is 12.0. The van der Waals surface area contributed by atoms with Crippen LogP contribution in [0.4, 0.5) is 0 Å². The molecule has 1 aromatic carbocycles. The smallest absolute Gasteiger partial charge is 0.303 e. The zero-order valence-corrected chi connectivity index (χ0v) is 17.9. The summed E-state index contributed by atoms with van der Waals surface area (Å²) in [6, 6.07) is 9.72. The minimum Gasteiger partial charge on any atom is -0.481 e. The third-order valence-corrected chi connectivity index (χ3v) is 6.48. The second-order valence-electron chi connectivity index (χ2n) is 7.29. The molecule has 2 heterocycles. The monoisotopic (exact) mass is 430 g/mol. The molecule has 9 heteroatoms. The minimum atomic E-state index is -3.49. The molecule has 3 rings (SSSR count). The van der Waals surface area contributed by atoms with Crippen LogP contribution >= 0.6 is 0 Å². The lowest BCUT2D eigenvalue weighted by Gasteiger charge is -2.13. The van der Waals surface area contributed by atoms with Crippen molar-refractivity contribution in [1.82, 2.24) is 19.0 Å². The van der Waals surface area contributed by atoms with Crippen LogP contribution in [-0.2, 0) is 34.3 Å². The van der Waals surface area contributed by atoms with Gasteiger partial charge in [-0.15, -0.1) is 0 Å². The summed E-state index contributed by atoms with van der Waals surface area (Å²) in [5.74, 6) is -0.848. The van der Waals surface area contributed by atoms with Gasteiger partial charge < -0.3 is 10.1 Å². The van der Waals surface area contributed by atoms with Gasteiger partial charge in [0.15, 0.2) is 0 Å². The summed E-state index contributed by atoms with van der Waals surface area (Å²) in [7, 11) is -0.527. The number of aliphatic carboxylic acids is 1. The number of nitrogens with zero attached hydrogens (tertiary/aromatic N) is 2. The summed E-state index contributed by atoms with van der Waals surface area (Å²) in [5, 5.41) is 10.1. The van der Waals surface area contributed by atoms with Crippen molar-refractivity contribution >= 4 is 27.1 Å². The first-order valence-electron chi connectivity index (χ1n) is 9.67. The molecule has 0 unspecified atom stereocenters. The number of carboxylic acids is 1. The number of aromatic amines is 1. The third-order valence-electron chi connectivity index (χ3n) is 4.95. The van der Waals surface area contributed by atoms with Crippen LogP contribution < -0.4 is 4.72 Å². The fourth-order valence-electron chi connectivity index (χ4n) is 3.45. The average molecular weight is 431 g/mol. The van der Waals surface area contributed by atoms with Gasteiger partial charge in [-0.3, -0.25) is 9.78 Å². The van der Waals surface area contributed by atoms with Crippen LogP contribution in [0.25, 0.3) is 10.9 Å². The Morgan fingerprint density at radius 1 is 1.20 bits per heavy atom. The van der Waals surface area contributed by atoms with Crippen molar-refractivity contribution in [2.24, 2.45) is 0 Å². The predicted molar refractivity (Wildman–Crippen MR) is 116 cm³/mol. The maximum absolute atomic E-state index is 12.0. The van der Waals surface area contributed by atoms with E-state index in [1.165, 1.54) is 14.1 Å². The molecule has 0 radical (unpaired) electrons. The lowest BCUT2D eigenvalue weighted by atomic mass is 9.96. The van der Waals surface area contributed by atoms with E-state index in [4.69, 9.17) is 5.11 Å². The van der Waals surface area contributed by atoms with Gasteiger partial charge in [0.2, 0.25) is 0 Å². The van der Waals surface area contributed by atoms with E-state index in [0.29, 0.717) is 19.3 Å². The van der Waals surface area contributed by atoms with E-state index in [0.717, 1.165) is 37.6 Å².